The molecule has 0 saturated carbocycles. The van der Waals surface area contributed by atoms with Crippen LogP contribution in [0.4, 0.5) is 0 Å². The molecule has 0 aromatic carbocycles. The molecule has 0 aliphatic carbocycles. The van der Waals surface area contributed by atoms with E-state index in [2.05, 4.69) is 18.8 Å². The quantitative estimate of drug-likeness (QED) is 0.776. The Kier molecular flexibility index (Phi) is 4.98. The summed E-state index contributed by atoms with van der Waals surface area (Å²) >= 11 is 1.05. The van der Waals surface area contributed by atoms with Gasteiger partial charge in [-0.2, -0.15) is 0 Å². The predicted molar refractivity (Wildman–Crippen MR) is 88.0 cm³/mol. The van der Waals surface area contributed by atoms with Crippen LogP contribution in [0.1, 0.15) is 20.3 Å². The number of nitrogens with zero attached hydrogens (tertiary/aromatic N) is 4. The number of aliphatic carboxylic acids is 1. The molecule has 0 saturated heterocycles. The standard InChI is InChI=1S/C14H20N4O4S/c1-8(2)5-6-18-10-11(15-13(18)23-7-9(19)20)16(3)14(22)17(4)12(10)21/h8H,5-7H2,1-4H3,(H,19,20). The fourth-order valence-corrected chi connectivity index (χ4v) is 3.00. The Morgan fingerprint density at radius 3 is 2.48 bits per heavy atom. The zero-order chi connectivity index (χ0) is 17.3. The topological polar surface area (TPSA) is 99.1 Å². The number of fused-ring (bicyclic) bond motifs is 1. The summed E-state index contributed by atoms with van der Waals surface area (Å²) in [6.07, 6.45) is 0.818. The van der Waals surface area contributed by atoms with Crippen molar-refractivity contribution in [1.29, 1.82) is 0 Å². The Morgan fingerprint density at radius 1 is 1.26 bits per heavy atom. The Bertz CT molecular complexity index is 862. The minimum Gasteiger partial charge on any atom is -0.481 e. The summed E-state index contributed by atoms with van der Waals surface area (Å²) in [5.41, 5.74) is -0.245. The van der Waals surface area contributed by atoms with Crippen LogP contribution in [0.25, 0.3) is 11.2 Å². The van der Waals surface area contributed by atoms with E-state index in [0.717, 1.165) is 22.7 Å². The molecular formula is C14H20N4O4S. The molecule has 0 fully saturated rings. The van der Waals surface area contributed by atoms with Crippen LogP contribution in [-0.2, 0) is 25.4 Å². The van der Waals surface area contributed by atoms with Gasteiger partial charge in [-0.1, -0.05) is 25.6 Å². The van der Waals surface area contributed by atoms with Crippen LogP contribution < -0.4 is 11.2 Å². The Labute approximate surface area is 136 Å². The van der Waals surface area contributed by atoms with E-state index in [1.165, 1.54) is 11.6 Å². The molecule has 2 aromatic heterocycles. The first-order chi connectivity index (χ1) is 10.7. The van der Waals surface area contributed by atoms with Gasteiger partial charge < -0.3 is 9.67 Å². The van der Waals surface area contributed by atoms with E-state index >= 15 is 0 Å². The van der Waals surface area contributed by atoms with Crippen molar-refractivity contribution in [3.63, 3.8) is 0 Å². The van der Waals surface area contributed by atoms with Crippen molar-refractivity contribution in [1.82, 2.24) is 18.7 Å². The smallest absolute Gasteiger partial charge is 0.332 e. The predicted octanol–water partition coefficient (Wildman–Crippen LogP) is 0.656. The number of aryl methyl sites for hydroxylation is 2. The van der Waals surface area contributed by atoms with E-state index in [0.29, 0.717) is 23.1 Å². The third-order valence-electron chi connectivity index (χ3n) is 3.57. The Morgan fingerprint density at radius 2 is 1.91 bits per heavy atom. The van der Waals surface area contributed by atoms with Gasteiger partial charge in [-0.3, -0.25) is 18.7 Å². The third-order valence-corrected chi connectivity index (χ3v) is 4.53. The van der Waals surface area contributed by atoms with Gasteiger partial charge in [-0.05, 0) is 12.3 Å². The number of hydrogen-bond donors (Lipinski definition) is 1. The second kappa shape index (κ2) is 6.61. The van der Waals surface area contributed by atoms with E-state index in [4.69, 9.17) is 5.11 Å². The molecule has 126 valence electrons. The first-order valence-corrected chi connectivity index (χ1v) is 8.23. The maximum atomic E-state index is 12.5. The molecule has 0 aliphatic heterocycles. The maximum absolute atomic E-state index is 12.5. The van der Waals surface area contributed by atoms with Gasteiger partial charge in [0.25, 0.3) is 5.56 Å². The van der Waals surface area contributed by atoms with E-state index in [9.17, 15) is 14.4 Å². The molecule has 0 bridgehead atoms. The molecule has 0 spiro atoms. The molecule has 2 rings (SSSR count). The number of aromatic nitrogens is 4. The molecule has 0 aliphatic rings. The molecule has 2 heterocycles. The highest BCUT2D eigenvalue weighted by Gasteiger charge is 2.20. The molecule has 2 aromatic rings. The molecule has 0 radical (unpaired) electrons. The number of imidazole rings is 1. The van der Waals surface area contributed by atoms with Gasteiger partial charge in [0.05, 0.1) is 5.75 Å². The van der Waals surface area contributed by atoms with Crippen LogP contribution >= 0.6 is 11.8 Å². The number of thioether (sulfide) groups is 1. The molecule has 1 N–H and O–H groups in total. The highest BCUT2D eigenvalue weighted by Crippen LogP contribution is 2.22. The number of rotatable bonds is 6. The normalized spacial score (nSPS) is 11.5. The van der Waals surface area contributed by atoms with Crippen molar-refractivity contribution in [2.75, 3.05) is 5.75 Å². The number of carbonyl (C=O) groups is 1. The van der Waals surface area contributed by atoms with Crippen LogP contribution in [0.2, 0.25) is 0 Å². The largest absolute Gasteiger partial charge is 0.481 e. The van der Waals surface area contributed by atoms with Crippen LogP contribution in [-0.4, -0.2) is 35.5 Å². The van der Waals surface area contributed by atoms with Gasteiger partial charge >= 0.3 is 11.7 Å². The SMILES string of the molecule is CC(C)CCn1c(SCC(=O)O)nc2c1c(=O)n(C)c(=O)n2C. The molecule has 0 atom stereocenters. The van der Waals surface area contributed by atoms with Crippen LogP contribution in [0.3, 0.4) is 0 Å². The van der Waals surface area contributed by atoms with Crippen LogP contribution in [0, 0.1) is 5.92 Å². The number of carboxylic acids is 1. The summed E-state index contributed by atoms with van der Waals surface area (Å²) in [6, 6.07) is 0. The first kappa shape index (κ1) is 17.3. The lowest BCUT2D eigenvalue weighted by Gasteiger charge is -2.10. The van der Waals surface area contributed by atoms with Gasteiger partial charge in [0.2, 0.25) is 0 Å². The summed E-state index contributed by atoms with van der Waals surface area (Å²) in [5, 5.41) is 9.32. The highest BCUT2D eigenvalue weighted by atomic mass is 32.2. The molecule has 0 unspecified atom stereocenters. The fourth-order valence-electron chi connectivity index (χ4n) is 2.26. The molecule has 0 amide bonds. The summed E-state index contributed by atoms with van der Waals surface area (Å²) in [7, 11) is 2.98. The highest BCUT2D eigenvalue weighted by molar-refractivity contribution is 7.99. The van der Waals surface area contributed by atoms with Crippen molar-refractivity contribution < 1.29 is 9.90 Å². The fraction of sp³-hybridized carbons (Fsp3) is 0.571. The monoisotopic (exact) mass is 340 g/mol. The summed E-state index contributed by atoms with van der Waals surface area (Å²) < 4.78 is 4.08. The van der Waals surface area contributed by atoms with Crippen LogP contribution in [0.15, 0.2) is 14.7 Å². The van der Waals surface area contributed by atoms with E-state index < -0.39 is 17.2 Å². The van der Waals surface area contributed by atoms with Crippen molar-refractivity contribution in [3.8, 4) is 0 Å². The summed E-state index contributed by atoms with van der Waals surface area (Å²) in [5.74, 6) is -0.695. The third kappa shape index (κ3) is 3.34. The lowest BCUT2D eigenvalue weighted by molar-refractivity contribution is -0.133. The Balaban J connectivity index is 2.69. The van der Waals surface area contributed by atoms with Crippen molar-refractivity contribution >= 4 is 28.9 Å². The first-order valence-electron chi connectivity index (χ1n) is 7.24. The van der Waals surface area contributed by atoms with Gasteiger partial charge in [-0.15, -0.1) is 0 Å². The average molecular weight is 340 g/mol. The second-order valence-electron chi connectivity index (χ2n) is 5.79. The molecule has 9 heteroatoms. The lowest BCUT2D eigenvalue weighted by atomic mass is 10.1. The number of carboxylic acid groups (broad SMARTS) is 1. The maximum Gasteiger partial charge on any atom is 0.332 e. The van der Waals surface area contributed by atoms with Crippen molar-refractivity contribution in [3.05, 3.63) is 20.8 Å². The average Bonchev–Trinajstić information content (AvgIpc) is 2.85. The van der Waals surface area contributed by atoms with Crippen molar-refractivity contribution in [2.45, 2.75) is 32.0 Å². The molecular weight excluding hydrogens is 320 g/mol. The van der Waals surface area contributed by atoms with E-state index in [1.54, 1.807) is 11.6 Å². The second-order valence-corrected chi connectivity index (χ2v) is 6.73. The van der Waals surface area contributed by atoms with Crippen molar-refractivity contribution in [2.24, 2.45) is 20.0 Å². The van der Waals surface area contributed by atoms with E-state index in [1.807, 2.05) is 0 Å². The lowest BCUT2D eigenvalue weighted by Crippen LogP contribution is -2.37. The minimum absolute atomic E-state index is 0.154. The Hall–Kier alpha value is -2.03. The van der Waals surface area contributed by atoms with Gasteiger partial charge in [-0.25, -0.2) is 9.78 Å². The zero-order valence-corrected chi connectivity index (χ0v) is 14.4. The van der Waals surface area contributed by atoms with Crippen LogP contribution in [0.5, 0.6) is 0 Å². The van der Waals surface area contributed by atoms with E-state index in [-0.39, 0.29) is 11.4 Å². The van der Waals surface area contributed by atoms with Gasteiger partial charge in [0.1, 0.15) is 0 Å². The summed E-state index contributed by atoms with van der Waals surface area (Å²) in [4.78, 5) is 39.7. The minimum atomic E-state index is -0.959. The van der Waals surface area contributed by atoms with Gasteiger partial charge in [0.15, 0.2) is 16.3 Å². The number of hydrogen-bond acceptors (Lipinski definition) is 5. The summed E-state index contributed by atoms with van der Waals surface area (Å²) in [6.45, 7) is 4.68. The van der Waals surface area contributed by atoms with Gasteiger partial charge in [0, 0.05) is 20.6 Å². The molecule has 23 heavy (non-hydrogen) atoms. The molecule has 8 nitrogen and oxygen atoms in total. The zero-order valence-electron chi connectivity index (χ0n) is 13.6.